The standard InChI is InChI=1S/C20H28N4O2S/c1-3-4-5-15-6-8-16(9-7-15)21-18(27)23-24-17(25)20(22-19(24)26)12-10-14(2)11-13-20/h6-9,14H,3-5,10-13H2,1-2H3,(H,22,26)(H2,21,23,27). The Hall–Kier alpha value is -2.15. The number of hydrogen-bond donors (Lipinski definition) is 3. The minimum Gasteiger partial charge on any atom is -0.331 e. The minimum absolute atomic E-state index is 0.223. The first-order chi connectivity index (χ1) is 12.9. The number of carbonyl (C=O) groups is 2. The van der Waals surface area contributed by atoms with E-state index in [2.05, 4.69) is 42.0 Å². The number of nitrogens with one attached hydrogen (secondary N) is 3. The number of anilines is 1. The van der Waals surface area contributed by atoms with E-state index in [9.17, 15) is 9.59 Å². The third-order valence-electron chi connectivity index (χ3n) is 5.53. The van der Waals surface area contributed by atoms with Crippen molar-refractivity contribution in [3.8, 4) is 0 Å². The maximum Gasteiger partial charge on any atom is 0.344 e. The molecule has 1 saturated carbocycles. The lowest BCUT2D eigenvalue weighted by Crippen LogP contribution is -2.52. The predicted molar refractivity (Wildman–Crippen MR) is 110 cm³/mol. The zero-order valence-electron chi connectivity index (χ0n) is 16.0. The van der Waals surface area contributed by atoms with Gasteiger partial charge in [-0.3, -0.25) is 10.2 Å². The summed E-state index contributed by atoms with van der Waals surface area (Å²) < 4.78 is 0. The second-order valence-corrected chi connectivity index (χ2v) is 8.11. The number of unbranched alkanes of at least 4 members (excludes halogenated alkanes) is 1. The lowest BCUT2D eigenvalue weighted by molar-refractivity contribution is -0.133. The Labute approximate surface area is 166 Å². The van der Waals surface area contributed by atoms with Crippen molar-refractivity contribution in [1.29, 1.82) is 0 Å². The van der Waals surface area contributed by atoms with Crippen molar-refractivity contribution in [3.05, 3.63) is 29.8 Å². The van der Waals surface area contributed by atoms with Gasteiger partial charge in [0.25, 0.3) is 5.91 Å². The third-order valence-corrected chi connectivity index (χ3v) is 5.73. The van der Waals surface area contributed by atoms with Crippen molar-refractivity contribution in [2.75, 3.05) is 5.32 Å². The van der Waals surface area contributed by atoms with Crippen LogP contribution < -0.4 is 16.1 Å². The molecule has 6 nitrogen and oxygen atoms in total. The number of hydrogen-bond acceptors (Lipinski definition) is 3. The van der Waals surface area contributed by atoms with Crippen LogP contribution in [-0.4, -0.2) is 27.6 Å². The summed E-state index contributed by atoms with van der Waals surface area (Å²) in [7, 11) is 0. The van der Waals surface area contributed by atoms with E-state index in [1.165, 1.54) is 18.4 Å². The van der Waals surface area contributed by atoms with Crippen LogP contribution in [-0.2, 0) is 11.2 Å². The van der Waals surface area contributed by atoms with Gasteiger partial charge in [0.05, 0.1) is 0 Å². The van der Waals surface area contributed by atoms with Gasteiger partial charge in [0.15, 0.2) is 5.11 Å². The fourth-order valence-electron chi connectivity index (χ4n) is 3.71. The molecule has 1 aliphatic carbocycles. The molecule has 3 amide bonds. The predicted octanol–water partition coefficient (Wildman–Crippen LogP) is 3.73. The zero-order chi connectivity index (χ0) is 19.4. The van der Waals surface area contributed by atoms with E-state index in [1.54, 1.807) is 0 Å². The molecule has 0 bridgehead atoms. The van der Waals surface area contributed by atoms with Crippen LogP contribution in [0.3, 0.4) is 0 Å². The minimum atomic E-state index is -0.771. The van der Waals surface area contributed by atoms with Gasteiger partial charge in [-0.1, -0.05) is 32.4 Å². The molecule has 2 fully saturated rings. The van der Waals surface area contributed by atoms with Crippen molar-refractivity contribution >= 4 is 35.0 Å². The number of benzene rings is 1. The van der Waals surface area contributed by atoms with Gasteiger partial charge < -0.3 is 10.6 Å². The fraction of sp³-hybridized carbons (Fsp3) is 0.550. The van der Waals surface area contributed by atoms with E-state index in [4.69, 9.17) is 12.2 Å². The summed E-state index contributed by atoms with van der Waals surface area (Å²) in [6.07, 6.45) is 6.62. The topological polar surface area (TPSA) is 73.5 Å². The highest BCUT2D eigenvalue weighted by molar-refractivity contribution is 7.80. The molecule has 1 heterocycles. The first-order valence-electron chi connectivity index (χ1n) is 9.77. The summed E-state index contributed by atoms with van der Waals surface area (Å²) in [5.41, 5.74) is 4.08. The first kappa shape index (κ1) is 19.6. The number of amides is 3. The van der Waals surface area contributed by atoms with Gasteiger partial charge in [-0.05, 0) is 74.4 Å². The summed E-state index contributed by atoms with van der Waals surface area (Å²) in [4.78, 5) is 25.1. The molecule has 3 N–H and O–H groups in total. The number of imide groups is 1. The van der Waals surface area contributed by atoms with Gasteiger partial charge in [0.1, 0.15) is 5.54 Å². The third kappa shape index (κ3) is 4.40. The monoisotopic (exact) mass is 388 g/mol. The molecule has 0 atom stereocenters. The maximum absolute atomic E-state index is 12.8. The molecule has 1 aliphatic heterocycles. The van der Waals surface area contributed by atoms with Gasteiger partial charge in [-0.25, -0.2) is 4.79 Å². The van der Waals surface area contributed by atoms with Crippen LogP contribution in [0.5, 0.6) is 0 Å². The molecular weight excluding hydrogens is 360 g/mol. The molecule has 2 aliphatic rings. The van der Waals surface area contributed by atoms with E-state index >= 15 is 0 Å². The Morgan fingerprint density at radius 3 is 2.56 bits per heavy atom. The molecule has 0 aromatic heterocycles. The Balaban J connectivity index is 1.57. The van der Waals surface area contributed by atoms with Gasteiger partial charge >= 0.3 is 6.03 Å². The summed E-state index contributed by atoms with van der Waals surface area (Å²) in [6, 6.07) is 7.59. The highest BCUT2D eigenvalue weighted by Gasteiger charge is 2.52. The highest BCUT2D eigenvalue weighted by atomic mass is 32.1. The summed E-state index contributed by atoms with van der Waals surface area (Å²) in [5.74, 6) is 0.351. The molecule has 146 valence electrons. The van der Waals surface area contributed by atoms with Crippen LogP contribution in [0.1, 0.15) is 57.9 Å². The lowest BCUT2D eigenvalue weighted by Gasteiger charge is -2.33. The van der Waals surface area contributed by atoms with Crippen LogP contribution >= 0.6 is 12.2 Å². The van der Waals surface area contributed by atoms with Crippen molar-refractivity contribution in [1.82, 2.24) is 15.8 Å². The number of aryl methyl sites for hydroxylation is 1. The first-order valence-corrected chi connectivity index (χ1v) is 10.2. The Morgan fingerprint density at radius 1 is 1.26 bits per heavy atom. The number of hydrazine groups is 1. The second-order valence-electron chi connectivity index (χ2n) is 7.70. The SMILES string of the molecule is CCCCc1ccc(NC(=S)NN2C(=O)NC3(CCC(C)CC3)C2=O)cc1. The molecule has 3 rings (SSSR count). The number of nitrogens with zero attached hydrogens (tertiary/aromatic N) is 1. The average molecular weight is 389 g/mol. The lowest BCUT2D eigenvalue weighted by atomic mass is 9.77. The quantitative estimate of drug-likeness (QED) is 0.529. The van der Waals surface area contributed by atoms with E-state index in [1.807, 2.05) is 12.1 Å². The van der Waals surface area contributed by atoms with E-state index < -0.39 is 11.6 Å². The number of thiocarbonyl (C=S) groups is 1. The van der Waals surface area contributed by atoms with E-state index in [0.29, 0.717) is 18.8 Å². The molecule has 0 radical (unpaired) electrons. The number of carbonyl (C=O) groups excluding carboxylic acids is 2. The fourth-order valence-corrected chi connectivity index (χ4v) is 3.92. The highest BCUT2D eigenvalue weighted by Crippen LogP contribution is 2.35. The average Bonchev–Trinajstić information content (AvgIpc) is 2.88. The van der Waals surface area contributed by atoms with Crippen LogP contribution in [0.4, 0.5) is 10.5 Å². The van der Waals surface area contributed by atoms with E-state index in [0.717, 1.165) is 30.0 Å². The molecule has 1 aromatic carbocycles. The van der Waals surface area contributed by atoms with Crippen LogP contribution in [0, 0.1) is 5.92 Å². The zero-order valence-corrected chi connectivity index (χ0v) is 16.8. The van der Waals surface area contributed by atoms with Crippen LogP contribution in [0.25, 0.3) is 0 Å². The van der Waals surface area contributed by atoms with Gasteiger partial charge in [-0.15, -0.1) is 0 Å². The number of urea groups is 1. The molecule has 1 aromatic rings. The maximum atomic E-state index is 12.8. The van der Waals surface area contributed by atoms with Gasteiger partial charge in [-0.2, -0.15) is 5.01 Å². The smallest absolute Gasteiger partial charge is 0.331 e. The Morgan fingerprint density at radius 2 is 1.93 bits per heavy atom. The van der Waals surface area contributed by atoms with Crippen molar-refractivity contribution < 1.29 is 9.59 Å². The Kier molecular flexibility index (Phi) is 5.99. The molecule has 1 saturated heterocycles. The summed E-state index contributed by atoms with van der Waals surface area (Å²) in [5, 5.41) is 7.15. The van der Waals surface area contributed by atoms with Gasteiger partial charge in [0, 0.05) is 5.69 Å². The molecule has 1 spiro atoms. The second kappa shape index (κ2) is 8.25. The molecular formula is C20H28N4O2S. The normalized spacial score (nSPS) is 24.8. The van der Waals surface area contributed by atoms with Crippen molar-refractivity contribution in [2.45, 2.75) is 64.3 Å². The van der Waals surface area contributed by atoms with Crippen molar-refractivity contribution in [2.24, 2.45) is 5.92 Å². The summed E-state index contributed by atoms with van der Waals surface area (Å²) >= 11 is 5.29. The van der Waals surface area contributed by atoms with Gasteiger partial charge in [0.2, 0.25) is 0 Å². The molecule has 0 unspecified atom stereocenters. The Bertz CT molecular complexity index is 711. The largest absolute Gasteiger partial charge is 0.344 e. The van der Waals surface area contributed by atoms with Crippen molar-refractivity contribution in [3.63, 3.8) is 0 Å². The summed E-state index contributed by atoms with van der Waals surface area (Å²) in [6.45, 7) is 4.35. The molecule has 27 heavy (non-hydrogen) atoms. The number of rotatable bonds is 5. The molecule has 7 heteroatoms. The van der Waals surface area contributed by atoms with Crippen LogP contribution in [0.2, 0.25) is 0 Å². The van der Waals surface area contributed by atoms with Crippen LogP contribution in [0.15, 0.2) is 24.3 Å². The van der Waals surface area contributed by atoms with E-state index in [-0.39, 0.29) is 11.0 Å².